The van der Waals surface area contributed by atoms with E-state index in [-0.39, 0.29) is 10.6 Å². The quantitative estimate of drug-likeness (QED) is 0.480. The summed E-state index contributed by atoms with van der Waals surface area (Å²) in [4.78, 5) is 13.0. The number of aryl methyl sites for hydroxylation is 1. The van der Waals surface area contributed by atoms with E-state index in [1.807, 2.05) is 72.5 Å². The predicted octanol–water partition coefficient (Wildman–Crippen LogP) is 5.37. The van der Waals surface area contributed by atoms with Gasteiger partial charge in [-0.1, -0.05) is 42.5 Å². The fourth-order valence-electron chi connectivity index (χ4n) is 2.58. The molecule has 4 nitrogen and oxygen atoms in total. The van der Waals surface area contributed by atoms with Crippen LogP contribution in [-0.4, -0.2) is 4.92 Å². The van der Waals surface area contributed by atoms with Crippen molar-refractivity contribution in [2.75, 3.05) is 4.90 Å². The molecule has 0 heterocycles. The Labute approximate surface area is 134 Å². The zero-order valence-corrected chi connectivity index (χ0v) is 12.7. The van der Waals surface area contributed by atoms with Gasteiger partial charge in [0.25, 0.3) is 5.69 Å². The first-order valence-electron chi connectivity index (χ1n) is 7.32. The molecule has 0 radical (unpaired) electrons. The molecule has 0 aromatic heterocycles. The molecule has 0 aliphatic carbocycles. The number of benzene rings is 3. The second-order valence-corrected chi connectivity index (χ2v) is 5.26. The lowest BCUT2D eigenvalue weighted by atomic mass is 10.1. The van der Waals surface area contributed by atoms with Crippen molar-refractivity contribution in [3.05, 3.63) is 94.5 Å². The van der Waals surface area contributed by atoms with Crippen molar-refractivity contribution >= 4 is 22.7 Å². The minimum Gasteiger partial charge on any atom is -0.304 e. The number of hydrogen-bond donors (Lipinski definition) is 0. The highest BCUT2D eigenvalue weighted by atomic mass is 16.6. The smallest absolute Gasteiger partial charge is 0.293 e. The Morgan fingerprint density at radius 2 is 1.48 bits per heavy atom. The van der Waals surface area contributed by atoms with Crippen molar-refractivity contribution in [1.29, 1.82) is 0 Å². The highest BCUT2D eigenvalue weighted by Gasteiger charge is 2.21. The van der Waals surface area contributed by atoms with Crippen LogP contribution >= 0.6 is 0 Å². The molecule has 0 saturated carbocycles. The molecule has 0 aliphatic heterocycles. The molecule has 0 amide bonds. The SMILES string of the molecule is Cc1cccc(N(c2ccccc2)c2ccccc2[N+](=O)[O-])c1. The van der Waals surface area contributed by atoms with Crippen molar-refractivity contribution in [2.45, 2.75) is 6.92 Å². The first kappa shape index (κ1) is 14.8. The van der Waals surface area contributed by atoms with Gasteiger partial charge in [-0.2, -0.15) is 0 Å². The third kappa shape index (κ3) is 3.06. The zero-order valence-electron chi connectivity index (χ0n) is 12.7. The van der Waals surface area contributed by atoms with Gasteiger partial charge in [-0.15, -0.1) is 0 Å². The second-order valence-electron chi connectivity index (χ2n) is 5.26. The molecule has 0 aliphatic rings. The normalized spacial score (nSPS) is 10.3. The molecule has 0 fully saturated rings. The molecule has 0 spiro atoms. The zero-order chi connectivity index (χ0) is 16.2. The summed E-state index contributed by atoms with van der Waals surface area (Å²) >= 11 is 0. The van der Waals surface area contributed by atoms with Crippen molar-refractivity contribution in [1.82, 2.24) is 0 Å². The molecule has 0 N–H and O–H groups in total. The maximum atomic E-state index is 11.4. The van der Waals surface area contributed by atoms with E-state index in [9.17, 15) is 10.1 Å². The maximum absolute atomic E-state index is 11.4. The van der Waals surface area contributed by atoms with E-state index in [2.05, 4.69) is 0 Å². The number of nitrogens with zero attached hydrogens (tertiary/aromatic N) is 2. The van der Waals surface area contributed by atoms with Crippen LogP contribution in [0.25, 0.3) is 0 Å². The Morgan fingerprint density at radius 1 is 0.826 bits per heavy atom. The average Bonchev–Trinajstić information content (AvgIpc) is 2.56. The van der Waals surface area contributed by atoms with E-state index in [0.29, 0.717) is 5.69 Å². The van der Waals surface area contributed by atoms with E-state index in [1.54, 1.807) is 12.1 Å². The lowest BCUT2D eigenvalue weighted by Crippen LogP contribution is -2.11. The van der Waals surface area contributed by atoms with E-state index in [4.69, 9.17) is 0 Å². The van der Waals surface area contributed by atoms with Gasteiger partial charge in [0, 0.05) is 17.4 Å². The molecule has 4 heteroatoms. The molecule has 3 rings (SSSR count). The van der Waals surface area contributed by atoms with Crippen LogP contribution in [0.2, 0.25) is 0 Å². The van der Waals surface area contributed by atoms with Gasteiger partial charge in [0.2, 0.25) is 0 Å². The predicted molar refractivity (Wildman–Crippen MR) is 92.5 cm³/mol. The Balaban J connectivity index is 2.23. The summed E-state index contributed by atoms with van der Waals surface area (Å²) in [6.07, 6.45) is 0. The van der Waals surface area contributed by atoms with Crippen LogP contribution in [0, 0.1) is 17.0 Å². The molecule has 3 aromatic carbocycles. The maximum Gasteiger partial charge on any atom is 0.293 e. The standard InChI is InChI=1S/C19H16N2O2/c1-15-8-7-11-17(14-15)20(16-9-3-2-4-10-16)18-12-5-6-13-19(18)21(22)23/h2-14H,1H3. The number of anilines is 3. The van der Waals surface area contributed by atoms with Crippen molar-refractivity contribution < 1.29 is 4.92 Å². The minimum absolute atomic E-state index is 0.0814. The van der Waals surface area contributed by atoms with E-state index in [1.165, 1.54) is 6.07 Å². The molecule has 3 aromatic rings. The summed E-state index contributed by atoms with van der Waals surface area (Å²) in [5.41, 5.74) is 3.51. The molecular formula is C19H16N2O2. The Morgan fingerprint density at radius 3 is 2.17 bits per heavy atom. The fraction of sp³-hybridized carbons (Fsp3) is 0.0526. The first-order valence-corrected chi connectivity index (χ1v) is 7.32. The van der Waals surface area contributed by atoms with Crippen LogP contribution < -0.4 is 4.90 Å². The molecule has 114 valence electrons. The van der Waals surface area contributed by atoms with Crippen LogP contribution in [0.3, 0.4) is 0 Å². The second kappa shape index (κ2) is 6.32. The van der Waals surface area contributed by atoms with Crippen LogP contribution in [0.4, 0.5) is 22.7 Å². The number of hydrogen-bond acceptors (Lipinski definition) is 3. The molecule has 0 unspecified atom stereocenters. The van der Waals surface area contributed by atoms with Crippen molar-refractivity contribution in [3.63, 3.8) is 0 Å². The molecule has 0 bridgehead atoms. The van der Waals surface area contributed by atoms with Gasteiger partial charge in [-0.05, 0) is 42.8 Å². The summed E-state index contributed by atoms with van der Waals surface area (Å²) in [6, 6.07) is 24.4. The third-order valence-electron chi connectivity index (χ3n) is 3.59. The third-order valence-corrected chi connectivity index (χ3v) is 3.59. The largest absolute Gasteiger partial charge is 0.304 e. The van der Waals surface area contributed by atoms with E-state index < -0.39 is 0 Å². The Bertz CT molecular complexity index is 832. The Hall–Kier alpha value is -3.14. The topological polar surface area (TPSA) is 46.4 Å². The van der Waals surface area contributed by atoms with Crippen LogP contribution in [0.1, 0.15) is 5.56 Å². The summed E-state index contributed by atoms with van der Waals surface area (Å²) in [5.74, 6) is 0. The van der Waals surface area contributed by atoms with Crippen molar-refractivity contribution in [3.8, 4) is 0 Å². The van der Waals surface area contributed by atoms with E-state index >= 15 is 0 Å². The lowest BCUT2D eigenvalue weighted by Gasteiger charge is -2.25. The first-order chi connectivity index (χ1) is 11.2. The van der Waals surface area contributed by atoms with Crippen LogP contribution in [0.5, 0.6) is 0 Å². The highest BCUT2D eigenvalue weighted by molar-refractivity contribution is 5.81. The summed E-state index contributed by atoms with van der Waals surface area (Å²) in [7, 11) is 0. The Kier molecular flexibility index (Phi) is 4.06. The molecule has 0 atom stereocenters. The molecular weight excluding hydrogens is 288 g/mol. The number of nitro benzene ring substituents is 1. The summed E-state index contributed by atoms with van der Waals surface area (Å²) < 4.78 is 0. The number of rotatable bonds is 4. The minimum atomic E-state index is -0.346. The average molecular weight is 304 g/mol. The monoisotopic (exact) mass is 304 g/mol. The van der Waals surface area contributed by atoms with Gasteiger partial charge < -0.3 is 4.90 Å². The van der Waals surface area contributed by atoms with Gasteiger partial charge >= 0.3 is 0 Å². The van der Waals surface area contributed by atoms with Crippen LogP contribution in [-0.2, 0) is 0 Å². The fourth-order valence-corrected chi connectivity index (χ4v) is 2.58. The number of nitro groups is 1. The van der Waals surface area contributed by atoms with Gasteiger partial charge in [0.05, 0.1) is 4.92 Å². The molecule has 0 saturated heterocycles. The highest BCUT2D eigenvalue weighted by Crippen LogP contribution is 2.39. The van der Waals surface area contributed by atoms with Gasteiger partial charge in [-0.3, -0.25) is 10.1 Å². The van der Waals surface area contributed by atoms with Gasteiger partial charge in [0.15, 0.2) is 0 Å². The van der Waals surface area contributed by atoms with Crippen molar-refractivity contribution in [2.24, 2.45) is 0 Å². The lowest BCUT2D eigenvalue weighted by molar-refractivity contribution is -0.384. The van der Waals surface area contributed by atoms with E-state index in [0.717, 1.165) is 16.9 Å². The van der Waals surface area contributed by atoms with Gasteiger partial charge in [-0.25, -0.2) is 0 Å². The van der Waals surface area contributed by atoms with Crippen LogP contribution in [0.15, 0.2) is 78.9 Å². The number of para-hydroxylation sites is 3. The van der Waals surface area contributed by atoms with Gasteiger partial charge in [0.1, 0.15) is 5.69 Å². The molecule has 23 heavy (non-hydrogen) atoms. The summed E-state index contributed by atoms with van der Waals surface area (Å²) in [5, 5.41) is 11.4. The summed E-state index contributed by atoms with van der Waals surface area (Å²) in [6.45, 7) is 2.01.